The van der Waals surface area contributed by atoms with E-state index in [2.05, 4.69) is 76.4 Å². The molecule has 0 heterocycles. The van der Waals surface area contributed by atoms with E-state index in [1.54, 1.807) is 13.8 Å². The molecule has 0 spiro atoms. The Labute approximate surface area is 805 Å². The minimum absolute atomic E-state index is 0.197. The Balaban J connectivity index is 0.000000405. The average molecular weight is 1870 g/mol. The minimum atomic E-state index is -1.12. The molecule has 25 nitrogen and oxygen atoms in total. The Morgan fingerprint density at radius 3 is 1.09 bits per heavy atom. The molecule has 0 saturated heterocycles. The van der Waals surface area contributed by atoms with Gasteiger partial charge < -0.3 is 80.9 Å². The molecule has 10 aromatic rings. The molecule has 1 atom stereocenters. The van der Waals surface area contributed by atoms with Gasteiger partial charge in [0.1, 0.15) is 126 Å². The van der Waals surface area contributed by atoms with E-state index in [0.717, 1.165) is 105 Å². The van der Waals surface area contributed by atoms with Crippen LogP contribution in [0.1, 0.15) is 88.0 Å². The van der Waals surface area contributed by atoms with Crippen molar-refractivity contribution < 1.29 is 119 Å². The number of rotatable bonds is 51. The Morgan fingerprint density at radius 1 is 0.299 bits per heavy atom. The predicted octanol–water partition coefficient (Wildman–Crippen LogP) is 21.6. The zero-order valence-electron chi connectivity index (χ0n) is 78.5. The van der Waals surface area contributed by atoms with Crippen LogP contribution in [0.4, 0.5) is 0 Å². The summed E-state index contributed by atoms with van der Waals surface area (Å²) in [6.07, 6.45) is 16.1. The molecule has 0 fully saturated rings. The van der Waals surface area contributed by atoms with Crippen molar-refractivity contribution in [1.82, 2.24) is 0 Å². The molecule has 0 bridgehead atoms. The number of hydrogen-bond donors (Lipinski definition) is 1. The Kier molecular flexibility index (Phi) is 65.1. The van der Waals surface area contributed by atoms with Crippen molar-refractivity contribution in [1.29, 1.82) is 0 Å². The Bertz CT molecular complexity index is 5050. The van der Waals surface area contributed by atoms with Crippen molar-refractivity contribution in [2.45, 2.75) is 98.2 Å². The third-order valence-corrected chi connectivity index (χ3v) is 17.3. The van der Waals surface area contributed by atoms with E-state index >= 15 is 0 Å². The van der Waals surface area contributed by atoms with E-state index in [9.17, 15) is 43.5 Å². The van der Waals surface area contributed by atoms with Gasteiger partial charge in [-0.1, -0.05) is 304 Å². The fourth-order valence-electron chi connectivity index (χ4n) is 10.5. The highest BCUT2D eigenvalue weighted by Gasteiger charge is 2.11. The number of hydrogen-bond acceptors (Lipinski definition) is 25. The van der Waals surface area contributed by atoms with E-state index in [0.29, 0.717) is 69.8 Å². The van der Waals surface area contributed by atoms with Crippen LogP contribution in [0.3, 0.4) is 0 Å². The third kappa shape index (κ3) is 61.1. The normalized spacial score (nSPS) is 9.93. The lowest BCUT2D eigenvalue weighted by atomic mass is 10.0. The molecule has 10 rings (SSSR count). The first-order valence-corrected chi connectivity index (χ1v) is 44.3. The minimum Gasteiger partial charge on any atom is -0.491 e. The van der Waals surface area contributed by atoms with E-state index in [-0.39, 0.29) is 64.8 Å². The summed E-state index contributed by atoms with van der Waals surface area (Å²) < 4.78 is 81.8. The molecule has 0 saturated carbocycles. The number of ether oxygens (including phenoxy) is 16. The highest BCUT2D eigenvalue weighted by atomic mass is 16.6. The van der Waals surface area contributed by atoms with Gasteiger partial charge in [-0.05, 0) is 133 Å². The molecular formula is C112H128O25. The van der Waals surface area contributed by atoms with Gasteiger partial charge in [-0.3, -0.25) is 0 Å². The molecule has 0 amide bonds. The molecule has 0 aliphatic carbocycles. The van der Waals surface area contributed by atoms with Gasteiger partial charge in [-0.25, -0.2) is 38.4 Å². The first-order valence-electron chi connectivity index (χ1n) is 44.3. The van der Waals surface area contributed by atoms with Crippen LogP contribution in [0.2, 0.25) is 0 Å². The number of para-hydroxylation sites is 5. The standard InChI is InChI=1S/C20H30O3.C17H16O3.C16H14O3.C13H16O4.C12H14O4.C12H14O3.C11H12O3.C11H12O2/c1-3-5-6-7-8-9-10-11-18-12-14-19(15-13-18)22-16-17-23-20(21)4-2;1-2-17(18)20-13-12-19-16-11-7-6-10-15(16)14-8-4-3-5-9-14;1-2-16(17)18-12-13-7-6-10-15(11-13)19-14-8-4-3-5-9-14;1-2-13(14)17-11-9-15-8-10-16-12-6-4-3-5-7-12;1-2-11(13)16-9-12(14)15-8-10-6-4-3-5-7-10;1-10(2)12(13)15-9-8-14-11-6-4-3-5-7-11;1-2-11(12)14-9-8-13-10-6-4-3-5-7-10;1-9(2)11(12)13-8-10-6-4-3-5-7-10/h4,12-15H,2-3,5-11,16-17H2,1H3;2-11H,1,12-13H2;2-11H,1,12H2;2-7H,1,8-11H2;2-7,12,14H,1,8-9H2;3-7H,1,8-9H2,2H3;2-7H,1,8-9H2;3-7H,1,8H2,2H3. The van der Waals surface area contributed by atoms with Gasteiger partial charge in [0.15, 0.2) is 6.29 Å². The topological polar surface area (TPSA) is 304 Å². The van der Waals surface area contributed by atoms with Gasteiger partial charge in [0.2, 0.25) is 0 Å². The number of aliphatic hydroxyl groups is 1. The quantitative estimate of drug-likeness (QED) is 0.0122. The van der Waals surface area contributed by atoms with E-state index < -0.39 is 42.1 Å². The Morgan fingerprint density at radius 2 is 0.635 bits per heavy atom. The average Bonchev–Trinajstić information content (AvgIpc) is 0.843. The maximum atomic E-state index is 11.0. The first kappa shape index (κ1) is 116. The predicted molar refractivity (Wildman–Crippen MR) is 530 cm³/mol. The summed E-state index contributed by atoms with van der Waals surface area (Å²) in [4.78, 5) is 86.7. The second-order valence-corrected chi connectivity index (χ2v) is 28.4. The van der Waals surface area contributed by atoms with Crippen LogP contribution >= 0.6 is 0 Å². The zero-order valence-corrected chi connectivity index (χ0v) is 78.5. The summed E-state index contributed by atoms with van der Waals surface area (Å²) in [6.45, 7) is 36.7. The van der Waals surface area contributed by atoms with E-state index in [1.165, 1.54) is 50.5 Å². The summed E-state index contributed by atoms with van der Waals surface area (Å²) in [7, 11) is 0. The number of esters is 8. The molecule has 25 heteroatoms. The molecule has 137 heavy (non-hydrogen) atoms. The molecule has 0 aliphatic heterocycles. The number of aryl methyl sites for hydroxylation is 1. The van der Waals surface area contributed by atoms with E-state index in [4.69, 9.17) is 71.1 Å². The molecular weight excluding hydrogens is 1750 g/mol. The molecule has 0 aromatic heterocycles. The number of benzene rings is 10. The van der Waals surface area contributed by atoms with Crippen LogP contribution in [-0.2, 0) is 112 Å². The summed E-state index contributed by atoms with van der Waals surface area (Å²) in [5.74, 6) is 1.93. The third-order valence-electron chi connectivity index (χ3n) is 17.3. The van der Waals surface area contributed by atoms with Crippen LogP contribution in [0.15, 0.2) is 385 Å². The van der Waals surface area contributed by atoms with Crippen LogP contribution in [0.5, 0.6) is 40.2 Å². The fraction of sp³-hybridized carbons (Fsp3) is 0.250. The second-order valence-electron chi connectivity index (χ2n) is 28.4. The van der Waals surface area contributed by atoms with Gasteiger partial charge in [0, 0.05) is 53.2 Å². The maximum absolute atomic E-state index is 11.0. The maximum Gasteiger partial charge on any atom is 0.333 e. The van der Waals surface area contributed by atoms with Crippen LogP contribution in [0.25, 0.3) is 11.1 Å². The van der Waals surface area contributed by atoms with Gasteiger partial charge in [-0.15, -0.1) is 0 Å². The molecule has 0 radical (unpaired) electrons. The van der Waals surface area contributed by atoms with Crippen molar-refractivity contribution in [2.24, 2.45) is 0 Å². The molecule has 10 aromatic carbocycles. The van der Waals surface area contributed by atoms with Crippen molar-refractivity contribution in [2.75, 3.05) is 85.9 Å². The van der Waals surface area contributed by atoms with Crippen molar-refractivity contribution in [3.8, 4) is 51.4 Å². The largest absolute Gasteiger partial charge is 0.491 e. The van der Waals surface area contributed by atoms with E-state index in [1.807, 2.05) is 273 Å². The van der Waals surface area contributed by atoms with Crippen molar-refractivity contribution >= 4 is 47.8 Å². The fourth-order valence-corrected chi connectivity index (χ4v) is 10.5. The van der Waals surface area contributed by atoms with Crippen LogP contribution < -0.4 is 28.4 Å². The number of aliphatic hydroxyl groups excluding tert-OH is 1. The first-order chi connectivity index (χ1) is 66.6. The van der Waals surface area contributed by atoms with Gasteiger partial charge in [0.05, 0.1) is 19.8 Å². The second kappa shape index (κ2) is 77.0. The zero-order chi connectivity index (χ0) is 99.6. The highest BCUT2D eigenvalue weighted by molar-refractivity contribution is 5.87. The summed E-state index contributed by atoms with van der Waals surface area (Å²) in [5, 5.41) is 9.32. The monoisotopic (exact) mass is 1870 g/mol. The summed E-state index contributed by atoms with van der Waals surface area (Å²) >= 11 is 0. The lowest BCUT2D eigenvalue weighted by Crippen LogP contribution is -2.20. The lowest BCUT2D eigenvalue weighted by Gasteiger charge is -2.11. The van der Waals surface area contributed by atoms with Crippen molar-refractivity contribution in [3.05, 3.63) is 408 Å². The molecule has 1 unspecified atom stereocenters. The SMILES string of the molecule is C=C(C)C(=O)OCCOc1ccccc1.C=C(C)C(=O)OCc1ccccc1.C=CC(=O)OCC(O)OCc1ccccc1.C=CC(=O)OCCOCCOc1ccccc1.C=CC(=O)OCCOc1ccc(CCCCCCCCC)cc1.C=CC(=O)OCCOc1ccccc1.C=CC(=O)OCCOc1ccccc1-c1ccccc1.C=CC(=O)OCc1cccc(Oc2ccccc2)c1. The van der Waals surface area contributed by atoms with Crippen molar-refractivity contribution in [3.63, 3.8) is 0 Å². The molecule has 0 aliphatic rings. The summed E-state index contributed by atoms with van der Waals surface area (Å²) in [5.41, 5.74) is 7.07. The van der Waals surface area contributed by atoms with Gasteiger partial charge in [-0.2, -0.15) is 0 Å². The van der Waals surface area contributed by atoms with Crippen LogP contribution in [-0.4, -0.2) is 145 Å². The smallest absolute Gasteiger partial charge is 0.333 e. The number of unbranched alkanes of at least 4 members (excludes halogenated alkanes) is 6. The van der Waals surface area contributed by atoms with Gasteiger partial charge in [0.25, 0.3) is 0 Å². The van der Waals surface area contributed by atoms with Crippen LogP contribution in [0, 0.1) is 0 Å². The lowest BCUT2D eigenvalue weighted by molar-refractivity contribution is -0.164. The number of carbonyl (C=O) groups is 8. The Hall–Kier alpha value is -15.4. The number of carbonyl (C=O) groups excluding carboxylic acids is 8. The molecule has 726 valence electrons. The summed E-state index contributed by atoms with van der Waals surface area (Å²) in [6, 6.07) is 90.1. The molecule has 1 N–H and O–H groups in total. The van der Waals surface area contributed by atoms with Gasteiger partial charge >= 0.3 is 47.8 Å². The highest BCUT2D eigenvalue weighted by Crippen LogP contribution is 2.30.